The fraction of sp³-hybridized carbons (Fsp3) is 0.333. The predicted molar refractivity (Wildman–Crippen MR) is 162 cm³/mol. The van der Waals surface area contributed by atoms with E-state index in [2.05, 4.69) is 58.1 Å². The van der Waals surface area contributed by atoms with Crippen LogP contribution in [-0.2, 0) is 6.54 Å². The first-order chi connectivity index (χ1) is 20.5. The highest BCUT2D eigenvalue weighted by Crippen LogP contribution is 2.39. The van der Waals surface area contributed by atoms with E-state index in [1.807, 2.05) is 33.9 Å². The maximum Gasteiger partial charge on any atom is 0.255 e. The maximum absolute atomic E-state index is 13.5. The Morgan fingerprint density at radius 2 is 1.93 bits per heavy atom. The smallest absolute Gasteiger partial charge is 0.255 e. The SMILES string of the molecule is Cc1c(-c2cc3ccc(-c4ccc5cn[nH]c5c4)nc3n2CC2CC2)nn2cc(C(=O)N3CC4CCC3[C@@H]4N)ccc12. The third-order valence-electron chi connectivity index (χ3n) is 9.90. The molecule has 1 saturated heterocycles. The number of fused-ring (bicyclic) bond motifs is 5. The molecule has 3 atom stereocenters. The number of aryl methyl sites for hydroxylation is 1. The van der Waals surface area contributed by atoms with Gasteiger partial charge in [0.25, 0.3) is 5.91 Å². The highest BCUT2D eigenvalue weighted by atomic mass is 16.2. The predicted octanol–water partition coefficient (Wildman–Crippen LogP) is 5.17. The van der Waals surface area contributed by atoms with Crippen molar-refractivity contribution >= 4 is 33.4 Å². The van der Waals surface area contributed by atoms with Crippen molar-refractivity contribution in [1.82, 2.24) is 34.3 Å². The lowest BCUT2D eigenvalue weighted by molar-refractivity contribution is 0.0700. The molecule has 0 spiro atoms. The molecule has 42 heavy (non-hydrogen) atoms. The number of amides is 1. The zero-order chi connectivity index (χ0) is 28.1. The Labute approximate surface area is 242 Å². The summed E-state index contributed by atoms with van der Waals surface area (Å²) in [5.74, 6) is 1.15. The second-order valence-corrected chi connectivity index (χ2v) is 12.5. The summed E-state index contributed by atoms with van der Waals surface area (Å²) < 4.78 is 4.23. The van der Waals surface area contributed by atoms with E-state index in [1.165, 1.54) is 12.8 Å². The Morgan fingerprint density at radius 1 is 1.05 bits per heavy atom. The van der Waals surface area contributed by atoms with E-state index >= 15 is 0 Å². The molecule has 6 heterocycles. The third kappa shape index (κ3) is 3.59. The molecule has 2 aliphatic carbocycles. The van der Waals surface area contributed by atoms with Gasteiger partial charge in [-0.1, -0.05) is 12.1 Å². The van der Waals surface area contributed by atoms with Crippen LogP contribution in [0, 0.1) is 18.8 Å². The van der Waals surface area contributed by atoms with Gasteiger partial charge in [-0.15, -0.1) is 0 Å². The van der Waals surface area contributed by atoms with Gasteiger partial charge in [-0.05, 0) is 80.8 Å². The molecule has 0 radical (unpaired) electrons. The Kier molecular flexibility index (Phi) is 5.03. The van der Waals surface area contributed by atoms with E-state index in [-0.39, 0.29) is 18.0 Å². The zero-order valence-electron chi connectivity index (χ0n) is 23.5. The Morgan fingerprint density at radius 3 is 2.74 bits per heavy atom. The Hall–Kier alpha value is -4.50. The van der Waals surface area contributed by atoms with Crippen molar-refractivity contribution in [3.63, 3.8) is 0 Å². The van der Waals surface area contributed by atoms with Crippen molar-refractivity contribution in [3.05, 3.63) is 72.1 Å². The standard InChI is InChI=1S/C33H32N8O/c1-18-27-10-8-24(33(42)40-16-23-7-11-28(40)30(23)34)17-41(27)38-31(18)29-13-21-6-9-25(36-32(21)39(29)15-19-2-3-19)20-4-5-22-14-35-37-26(22)12-20/h4-6,8-10,12-14,17,19,23,28,30H,2-3,7,11,15-16,34H2,1H3,(H,35,37)/t23?,28?,30-/m1/s1. The summed E-state index contributed by atoms with van der Waals surface area (Å²) in [4.78, 5) is 20.7. The van der Waals surface area contributed by atoms with Crippen LogP contribution in [0.4, 0.5) is 0 Å². The monoisotopic (exact) mass is 556 g/mol. The summed E-state index contributed by atoms with van der Waals surface area (Å²) in [6.07, 6.45) is 8.34. The molecule has 2 bridgehead atoms. The number of nitrogens with zero attached hydrogens (tertiary/aromatic N) is 6. The molecule has 2 saturated carbocycles. The van der Waals surface area contributed by atoms with Crippen LogP contribution in [0.2, 0.25) is 0 Å². The van der Waals surface area contributed by atoms with Crippen LogP contribution < -0.4 is 5.73 Å². The zero-order valence-corrected chi connectivity index (χ0v) is 23.5. The van der Waals surface area contributed by atoms with Crippen molar-refractivity contribution < 1.29 is 4.79 Å². The number of likely N-dealkylation sites (tertiary alicyclic amines) is 1. The summed E-state index contributed by atoms with van der Waals surface area (Å²) in [5, 5.41) is 14.5. The van der Waals surface area contributed by atoms with Crippen molar-refractivity contribution in [2.24, 2.45) is 17.6 Å². The molecule has 1 amide bonds. The first-order valence-corrected chi connectivity index (χ1v) is 15.0. The van der Waals surface area contributed by atoms with Crippen LogP contribution in [-0.4, -0.2) is 58.8 Å². The highest BCUT2D eigenvalue weighted by Gasteiger charge is 2.46. The number of benzene rings is 1. The number of hydrogen-bond donors (Lipinski definition) is 2. The second kappa shape index (κ2) is 8.75. The average Bonchev–Trinajstić information content (AvgIpc) is 3.30. The fourth-order valence-corrected chi connectivity index (χ4v) is 7.31. The summed E-state index contributed by atoms with van der Waals surface area (Å²) in [7, 11) is 0. The van der Waals surface area contributed by atoms with Crippen LogP contribution in [0.25, 0.3) is 50.1 Å². The summed E-state index contributed by atoms with van der Waals surface area (Å²) in [5.41, 5.74) is 15.1. The highest BCUT2D eigenvalue weighted by molar-refractivity contribution is 5.95. The number of carbonyl (C=O) groups excluding carboxylic acids is 1. The van der Waals surface area contributed by atoms with Crippen molar-refractivity contribution in [2.75, 3.05) is 6.54 Å². The number of H-pyrrole nitrogens is 1. The Bertz CT molecular complexity index is 2050. The first-order valence-electron chi connectivity index (χ1n) is 15.0. The number of nitrogens with one attached hydrogen (secondary N) is 1. The van der Waals surface area contributed by atoms with Gasteiger partial charge >= 0.3 is 0 Å². The minimum absolute atomic E-state index is 0.0575. The summed E-state index contributed by atoms with van der Waals surface area (Å²) >= 11 is 0. The first kappa shape index (κ1) is 24.1. The third-order valence-corrected chi connectivity index (χ3v) is 9.90. The molecule has 3 aliphatic rings. The van der Waals surface area contributed by atoms with E-state index in [4.69, 9.17) is 15.8 Å². The lowest BCUT2D eigenvalue weighted by Gasteiger charge is -2.27. The molecule has 6 aromatic rings. The molecule has 9 nitrogen and oxygen atoms in total. The Balaban J connectivity index is 1.13. The molecule has 3 fully saturated rings. The van der Waals surface area contributed by atoms with Gasteiger partial charge in [0.2, 0.25) is 0 Å². The van der Waals surface area contributed by atoms with E-state index in [9.17, 15) is 4.79 Å². The van der Waals surface area contributed by atoms with Crippen LogP contribution >= 0.6 is 0 Å². The van der Waals surface area contributed by atoms with E-state index in [1.54, 1.807) is 0 Å². The number of hydrogen-bond acceptors (Lipinski definition) is 5. The van der Waals surface area contributed by atoms with Gasteiger partial charge in [0, 0.05) is 53.3 Å². The van der Waals surface area contributed by atoms with E-state index < -0.39 is 0 Å². The minimum atomic E-state index is 0.0575. The number of rotatable bonds is 5. The van der Waals surface area contributed by atoms with Gasteiger partial charge in [-0.25, -0.2) is 9.50 Å². The van der Waals surface area contributed by atoms with Crippen LogP contribution in [0.3, 0.4) is 0 Å². The molecular formula is C33H32N8O. The minimum Gasteiger partial charge on any atom is -0.334 e. The van der Waals surface area contributed by atoms with Gasteiger partial charge < -0.3 is 15.2 Å². The number of aromatic amines is 1. The number of nitrogens with two attached hydrogens (primary N) is 1. The van der Waals surface area contributed by atoms with Gasteiger partial charge in [0.1, 0.15) is 11.3 Å². The lowest BCUT2D eigenvalue weighted by atomic mass is 10.1. The maximum atomic E-state index is 13.5. The van der Waals surface area contributed by atoms with Crippen LogP contribution in [0.15, 0.2) is 60.9 Å². The summed E-state index contributed by atoms with van der Waals surface area (Å²) in [6.45, 7) is 3.80. The number of aromatic nitrogens is 6. The van der Waals surface area contributed by atoms with Crippen LogP contribution in [0.1, 0.15) is 41.6 Å². The van der Waals surface area contributed by atoms with Crippen molar-refractivity contribution in [3.8, 4) is 22.6 Å². The number of carbonyl (C=O) groups is 1. The van der Waals surface area contributed by atoms with Gasteiger partial charge in [0.15, 0.2) is 0 Å². The fourth-order valence-electron chi connectivity index (χ4n) is 7.31. The van der Waals surface area contributed by atoms with Gasteiger partial charge in [-0.3, -0.25) is 9.89 Å². The quantitative estimate of drug-likeness (QED) is 0.304. The van der Waals surface area contributed by atoms with E-state index in [0.717, 1.165) is 81.6 Å². The topological polar surface area (TPSA) is 110 Å². The molecule has 5 aromatic heterocycles. The molecule has 9 rings (SSSR count). The number of piperidine rings is 1. The lowest BCUT2D eigenvalue weighted by Crippen LogP contribution is -2.41. The molecule has 210 valence electrons. The van der Waals surface area contributed by atoms with Gasteiger partial charge in [-0.2, -0.15) is 10.2 Å². The second-order valence-electron chi connectivity index (χ2n) is 12.5. The molecule has 2 unspecified atom stereocenters. The van der Waals surface area contributed by atoms with Gasteiger partial charge in [0.05, 0.1) is 34.2 Å². The summed E-state index contributed by atoms with van der Waals surface area (Å²) in [6, 6.07) is 17.0. The van der Waals surface area contributed by atoms with Crippen molar-refractivity contribution in [2.45, 2.75) is 51.2 Å². The van der Waals surface area contributed by atoms with Crippen molar-refractivity contribution in [1.29, 1.82) is 0 Å². The molecule has 1 aromatic carbocycles. The van der Waals surface area contributed by atoms with E-state index in [0.29, 0.717) is 17.4 Å². The molecular weight excluding hydrogens is 524 g/mol. The average molecular weight is 557 g/mol. The van der Waals surface area contributed by atoms with Crippen LogP contribution in [0.5, 0.6) is 0 Å². The number of pyridine rings is 2. The molecule has 1 aliphatic heterocycles. The molecule has 9 heteroatoms. The molecule has 3 N–H and O–H groups in total. The largest absolute Gasteiger partial charge is 0.334 e. The normalized spacial score (nSPS) is 21.9.